The highest BCUT2D eigenvalue weighted by Gasteiger charge is 2.13. The molecule has 21 heavy (non-hydrogen) atoms. The summed E-state index contributed by atoms with van der Waals surface area (Å²) in [6.07, 6.45) is 1.15. The first-order chi connectivity index (χ1) is 9.95. The number of carboxylic acid groups (broad SMARTS) is 1. The van der Waals surface area contributed by atoms with Crippen molar-refractivity contribution in [2.45, 2.75) is 13.3 Å². The zero-order chi connectivity index (χ0) is 15.4. The largest absolute Gasteiger partial charge is 0.502 e. The minimum atomic E-state index is -1.56. The van der Waals surface area contributed by atoms with Gasteiger partial charge in [0, 0.05) is 12.5 Å². The van der Waals surface area contributed by atoms with Gasteiger partial charge >= 0.3 is 5.97 Å². The molecule has 0 saturated carbocycles. The number of aliphatic hydroxyl groups is 1. The van der Waals surface area contributed by atoms with Crippen molar-refractivity contribution < 1.29 is 24.2 Å². The van der Waals surface area contributed by atoms with Crippen molar-refractivity contribution in [2.75, 3.05) is 0 Å². The first kappa shape index (κ1) is 14.6. The minimum absolute atomic E-state index is 0.00934. The number of furan rings is 1. The molecule has 2 rings (SSSR count). The number of aliphatic carboxylic acids is 1. The van der Waals surface area contributed by atoms with Crippen LogP contribution in [0.15, 0.2) is 52.7 Å². The van der Waals surface area contributed by atoms with E-state index < -0.39 is 17.5 Å². The predicted molar refractivity (Wildman–Crippen MR) is 75.4 cm³/mol. The van der Waals surface area contributed by atoms with Gasteiger partial charge in [0.1, 0.15) is 5.76 Å². The molecule has 5 heteroatoms. The second kappa shape index (κ2) is 6.09. The fourth-order valence-corrected chi connectivity index (χ4v) is 1.77. The Balaban J connectivity index is 2.11. The maximum Gasteiger partial charge on any atom is 0.371 e. The molecule has 0 radical (unpaired) electrons. The molecule has 1 heterocycles. The maximum absolute atomic E-state index is 11.7. The first-order valence-electron chi connectivity index (χ1n) is 6.28. The van der Waals surface area contributed by atoms with E-state index in [1.165, 1.54) is 6.07 Å². The number of hydrogen-bond donors (Lipinski definition) is 2. The van der Waals surface area contributed by atoms with Gasteiger partial charge in [0.2, 0.25) is 11.5 Å². The molecular formula is C16H14O5. The molecule has 2 aromatic rings. The average Bonchev–Trinajstić information content (AvgIpc) is 2.90. The summed E-state index contributed by atoms with van der Waals surface area (Å²) in [4.78, 5) is 22.1. The van der Waals surface area contributed by atoms with Crippen molar-refractivity contribution in [1.82, 2.24) is 0 Å². The van der Waals surface area contributed by atoms with Crippen molar-refractivity contribution in [3.05, 3.63) is 70.9 Å². The SMILES string of the molecule is Cc1ccc(Cc2ccc(C(=O)C=C(O)C(=O)O)o2)cc1. The van der Waals surface area contributed by atoms with Gasteiger partial charge < -0.3 is 14.6 Å². The Bertz CT molecular complexity index is 692. The number of benzene rings is 1. The lowest BCUT2D eigenvalue weighted by molar-refractivity contribution is -0.135. The molecule has 1 aromatic carbocycles. The number of aliphatic hydroxyl groups excluding tert-OH is 1. The number of ketones is 1. The zero-order valence-electron chi connectivity index (χ0n) is 11.4. The molecule has 0 bridgehead atoms. The molecule has 0 fully saturated rings. The van der Waals surface area contributed by atoms with Gasteiger partial charge in [-0.15, -0.1) is 0 Å². The van der Waals surface area contributed by atoms with Crippen LogP contribution in [0.25, 0.3) is 0 Å². The van der Waals surface area contributed by atoms with Crippen molar-refractivity contribution in [3.63, 3.8) is 0 Å². The number of aryl methyl sites for hydroxylation is 1. The fourth-order valence-electron chi connectivity index (χ4n) is 1.77. The molecule has 5 nitrogen and oxygen atoms in total. The first-order valence-corrected chi connectivity index (χ1v) is 6.28. The molecule has 0 atom stereocenters. The molecule has 0 aliphatic carbocycles. The van der Waals surface area contributed by atoms with E-state index in [1.54, 1.807) is 6.07 Å². The Hall–Kier alpha value is -2.82. The lowest BCUT2D eigenvalue weighted by Gasteiger charge is -1.99. The van der Waals surface area contributed by atoms with Crippen LogP contribution in [0, 0.1) is 6.92 Å². The summed E-state index contributed by atoms with van der Waals surface area (Å²) in [5.41, 5.74) is 2.20. The Morgan fingerprint density at radius 2 is 1.76 bits per heavy atom. The van der Waals surface area contributed by atoms with Crippen LogP contribution >= 0.6 is 0 Å². The van der Waals surface area contributed by atoms with Gasteiger partial charge in [0.15, 0.2) is 5.76 Å². The molecule has 1 aromatic heterocycles. The Kier molecular flexibility index (Phi) is 4.23. The summed E-state index contributed by atoms with van der Waals surface area (Å²) < 4.78 is 5.36. The van der Waals surface area contributed by atoms with E-state index in [4.69, 9.17) is 14.6 Å². The second-order valence-corrected chi connectivity index (χ2v) is 4.63. The lowest BCUT2D eigenvalue weighted by atomic mass is 10.1. The number of allylic oxidation sites excluding steroid dienone is 1. The molecule has 0 unspecified atom stereocenters. The monoisotopic (exact) mass is 286 g/mol. The molecule has 108 valence electrons. The van der Waals surface area contributed by atoms with Gasteiger partial charge in [0.05, 0.1) is 0 Å². The molecular weight excluding hydrogens is 272 g/mol. The molecule has 0 aliphatic heterocycles. The summed E-state index contributed by atoms with van der Waals surface area (Å²) in [5.74, 6) is -2.69. The number of carbonyl (C=O) groups is 2. The minimum Gasteiger partial charge on any atom is -0.502 e. The lowest BCUT2D eigenvalue weighted by Crippen LogP contribution is -2.03. The standard InChI is InChI=1S/C16H14O5/c1-10-2-4-11(5-3-10)8-12-6-7-15(21-12)13(17)9-14(18)16(19)20/h2-7,9,18H,8H2,1H3,(H,19,20). The van der Waals surface area contributed by atoms with E-state index in [1.807, 2.05) is 31.2 Å². The number of carboxylic acids is 1. The van der Waals surface area contributed by atoms with E-state index in [9.17, 15) is 9.59 Å². The van der Waals surface area contributed by atoms with E-state index in [2.05, 4.69) is 0 Å². The third-order valence-electron chi connectivity index (χ3n) is 2.89. The summed E-state index contributed by atoms with van der Waals surface area (Å²) in [5, 5.41) is 17.5. The topological polar surface area (TPSA) is 87.7 Å². The predicted octanol–water partition coefficient (Wildman–Crippen LogP) is 2.89. The van der Waals surface area contributed by atoms with Crippen molar-refractivity contribution in [2.24, 2.45) is 0 Å². The molecule has 0 aliphatic rings. The van der Waals surface area contributed by atoms with Gasteiger partial charge in [-0.2, -0.15) is 0 Å². The van der Waals surface area contributed by atoms with Gasteiger partial charge in [0.25, 0.3) is 0 Å². The van der Waals surface area contributed by atoms with Crippen LogP contribution in [-0.2, 0) is 11.2 Å². The molecule has 0 amide bonds. The summed E-state index contributed by atoms with van der Waals surface area (Å²) >= 11 is 0. The van der Waals surface area contributed by atoms with Crippen LogP contribution < -0.4 is 0 Å². The van der Waals surface area contributed by atoms with Crippen LogP contribution in [-0.4, -0.2) is 22.0 Å². The molecule has 0 spiro atoms. The van der Waals surface area contributed by atoms with Crippen LogP contribution in [0.5, 0.6) is 0 Å². The normalized spacial score (nSPS) is 11.4. The number of hydrogen-bond acceptors (Lipinski definition) is 4. The Morgan fingerprint density at radius 3 is 2.38 bits per heavy atom. The van der Waals surface area contributed by atoms with Crippen LogP contribution in [0.2, 0.25) is 0 Å². The number of rotatable bonds is 5. The second-order valence-electron chi connectivity index (χ2n) is 4.63. The van der Waals surface area contributed by atoms with Crippen molar-refractivity contribution >= 4 is 11.8 Å². The van der Waals surface area contributed by atoms with Crippen LogP contribution in [0.1, 0.15) is 27.4 Å². The third kappa shape index (κ3) is 3.82. The number of carbonyl (C=O) groups excluding carboxylic acids is 1. The highest BCUT2D eigenvalue weighted by atomic mass is 16.4. The van der Waals surface area contributed by atoms with Crippen LogP contribution in [0.3, 0.4) is 0 Å². The fraction of sp³-hybridized carbons (Fsp3) is 0.125. The van der Waals surface area contributed by atoms with E-state index in [-0.39, 0.29) is 5.76 Å². The van der Waals surface area contributed by atoms with Gasteiger partial charge in [-0.25, -0.2) is 4.79 Å². The maximum atomic E-state index is 11.7. The average molecular weight is 286 g/mol. The summed E-state index contributed by atoms with van der Waals surface area (Å²) in [6.45, 7) is 1.99. The molecule has 0 saturated heterocycles. The molecule has 2 N–H and O–H groups in total. The van der Waals surface area contributed by atoms with Crippen molar-refractivity contribution in [1.29, 1.82) is 0 Å². The van der Waals surface area contributed by atoms with Gasteiger partial charge in [-0.05, 0) is 24.6 Å². The van der Waals surface area contributed by atoms with Crippen LogP contribution in [0.4, 0.5) is 0 Å². The summed E-state index contributed by atoms with van der Waals surface area (Å²) in [6, 6.07) is 11.0. The Labute approximate surface area is 121 Å². The van der Waals surface area contributed by atoms with E-state index in [0.29, 0.717) is 18.3 Å². The van der Waals surface area contributed by atoms with Crippen molar-refractivity contribution in [3.8, 4) is 0 Å². The third-order valence-corrected chi connectivity index (χ3v) is 2.89. The van der Waals surface area contributed by atoms with Gasteiger partial charge in [-0.3, -0.25) is 4.79 Å². The Morgan fingerprint density at radius 1 is 1.10 bits per heavy atom. The quantitative estimate of drug-likeness (QED) is 0.501. The summed E-state index contributed by atoms with van der Waals surface area (Å²) in [7, 11) is 0. The highest BCUT2D eigenvalue weighted by molar-refractivity contribution is 6.06. The van der Waals surface area contributed by atoms with E-state index in [0.717, 1.165) is 11.1 Å². The smallest absolute Gasteiger partial charge is 0.371 e. The zero-order valence-corrected chi connectivity index (χ0v) is 11.4. The van der Waals surface area contributed by atoms with E-state index >= 15 is 0 Å². The highest BCUT2D eigenvalue weighted by Crippen LogP contribution is 2.15. The van der Waals surface area contributed by atoms with Gasteiger partial charge in [-0.1, -0.05) is 29.8 Å².